The second kappa shape index (κ2) is 9.87. The summed E-state index contributed by atoms with van der Waals surface area (Å²) in [5.74, 6) is -0.540. The van der Waals surface area contributed by atoms with Crippen molar-refractivity contribution in [2.75, 3.05) is 20.8 Å². The molecule has 0 N–H and O–H groups in total. The van der Waals surface area contributed by atoms with Crippen LogP contribution >= 0.6 is 0 Å². The lowest BCUT2D eigenvalue weighted by atomic mass is 9.95. The highest BCUT2D eigenvalue weighted by atomic mass is 16.5. The molecule has 2 unspecified atom stereocenters. The van der Waals surface area contributed by atoms with Crippen LogP contribution in [0.1, 0.15) is 32.3 Å². The van der Waals surface area contributed by atoms with Gasteiger partial charge in [-0.3, -0.25) is 4.79 Å². The molecule has 23 heavy (non-hydrogen) atoms. The average molecular weight is 321 g/mol. The maximum atomic E-state index is 12.1. The summed E-state index contributed by atoms with van der Waals surface area (Å²) in [4.78, 5) is 25.6. The van der Waals surface area contributed by atoms with Gasteiger partial charge in [-0.05, 0) is 24.8 Å². The Morgan fingerprint density at radius 2 is 1.78 bits per heavy atom. The van der Waals surface area contributed by atoms with Crippen LogP contribution in [0.4, 0.5) is 4.79 Å². The summed E-state index contributed by atoms with van der Waals surface area (Å²) in [6.45, 7) is 4.43. The second-order valence-electron chi connectivity index (χ2n) is 5.67. The molecule has 0 radical (unpaired) electrons. The van der Waals surface area contributed by atoms with Crippen LogP contribution in [-0.2, 0) is 20.7 Å². The third kappa shape index (κ3) is 5.93. The number of esters is 1. The molecule has 1 aromatic rings. The Morgan fingerprint density at radius 3 is 2.30 bits per heavy atom. The van der Waals surface area contributed by atoms with Gasteiger partial charge in [0.25, 0.3) is 0 Å². The van der Waals surface area contributed by atoms with Crippen LogP contribution in [0.2, 0.25) is 0 Å². The predicted molar refractivity (Wildman–Crippen MR) is 89.1 cm³/mol. The van der Waals surface area contributed by atoms with E-state index in [4.69, 9.17) is 9.47 Å². The van der Waals surface area contributed by atoms with Gasteiger partial charge in [-0.1, -0.05) is 44.2 Å². The fraction of sp³-hybridized carbons (Fsp3) is 0.556. The fourth-order valence-electron chi connectivity index (χ4n) is 2.69. The molecule has 1 amide bonds. The minimum atomic E-state index is -0.357. The summed E-state index contributed by atoms with van der Waals surface area (Å²) >= 11 is 0. The molecule has 0 fully saturated rings. The van der Waals surface area contributed by atoms with E-state index in [2.05, 4.69) is 0 Å². The van der Waals surface area contributed by atoms with Crippen LogP contribution in [0.15, 0.2) is 30.3 Å². The molecule has 1 rings (SSSR count). The van der Waals surface area contributed by atoms with E-state index in [0.717, 1.165) is 12.0 Å². The van der Waals surface area contributed by atoms with E-state index < -0.39 is 0 Å². The fourth-order valence-corrected chi connectivity index (χ4v) is 2.69. The molecular weight excluding hydrogens is 294 g/mol. The minimum absolute atomic E-state index is 0.112. The SMILES string of the molecule is CCCN(C(=O)OC)C(Cc1ccccc1)CC(C)C(=O)OC. The first-order valence-electron chi connectivity index (χ1n) is 7.99. The monoisotopic (exact) mass is 321 g/mol. The third-order valence-electron chi connectivity index (χ3n) is 3.86. The number of amides is 1. The van der Waals surface area contributed by atoms with Crippen molar-refractivity contribution in [2.24, 2.45) is 5.92 Å². The third-order valence-corrected chi connectivity index (χ3v) is 3.86. The van der Waals surface area contributed by atoms with Crippen molar-refractivity contribution >= 4 is 12.1 Å². The van der Waals surface area contributed by atoms with Gasteiger partial charge in [0, 0.05) is 12.6 Å². The van der Waals surface area contributed by atoms with Gasteiger partial charge in [-0.2, -0.15) is 0 Å². The molecule has 0 aliphatic heterocycles. The molecule has 5 nitrogen and oxygen atoms in total. The lowest BCUT2D eigenvalue weighted by molar-refractivity contribution is -0.145. The lowest BCUT2D eigenvalue weighted by Crippen LogP contribution is -2.43. The minimum Gasteiger partial charge on any atom is -0.469 e. The van der Waals surface area contributed by atoms with Crippen molar-refractivity contribution in [3.05, 3.63) is 35.9 Å². The zero-order valence-corrected chi connectivity index (χ0v) is 14.5. The Hall–Kier alpha value is -2.04. The first-order valence-corrected chi connectivity index (χ1v) is 7.99. The topological polar surface area (TPSA) is 55.8 Å². The predicted octanol–water partition coefficient (Wildman–Crippen LogP) is 3.28. The Bertz CT molecular complexity index is 489. The molecule has 0 heterocycles. The van der Waals surface area contributed by atoms with Crippen LogP contribution in [0, 0.1) is 5.92 Å². The van der Waals surface area contributed by atoms with Crippen molar-refractivity contribution in [3.8, 4) is 0 Å². The molecule has 1 aromatic carbocycles. The van der Waals surface area contributed by atoms with E-state index in [1.165, 1.54) is 14.2 Å². The number of nitrogens with zero attached hydrogens (tertiary/aromatic N) is 1. The highest BCUT2D eigenvalue weighted by molar-refractivity contribution is 5.72. The van der Waals surface area contributed by atoms with Crippen molar-refractivity contribution in [1.82, 2.24) is 4.90 Å². The van der Waals surface area contributed by atoms with E-state index in [9.17, 15) is 9.59 Å². The van der Waals surface area contributed by atoms with E-state index in [1.807, 2.05) is 44.2 Å². The maximum absolute atomic E-state index is 12.1. The van der Waals surface area contributed by atoms with Crippen molar-refractivity contribution in [2.45, 2.75) is 39.2 Å². The van der Waals surface area contributed by atoms with Gasteiger partial charge in [0.1, 0.15) is 0 Å². The molecule has 0 aliphatic rings. The Balaban J connectivity index is 2.97. The Labute approximate surface area is 138 Å². The van der Waals surface area contributed by atoms with Crippen molar-refractivity contribution in [1.29, 1.82) is 0 Å². The molecule has 5 heteroatoms. The highest BCUT2D eigenvalue weighted by Gasteiger charge is 2.28. The first kappa shape index (κ1) is 19.0. The number of ether oxygens (including phenoxy) is 2. The summed E-state index contributed by atoms with van der Waals surface area (Å²) in [5.41, 5.74) is 1.12. The molecular formula is C18H27NO4. The normalized spacial score (nSPS) is 13.0. The smallest absolute Gasteiger partial charge is 0.409 e. The molecule has 0 spiro atoms. The van der Waals surface area contributed by atoms with E-state index in [0.29, 0.717) is 19.4 Å². The average Bonchev–Trinajstić information content (AvgIpc) is 2.58. The van der Waals surface area contributed by atoms with Crippen LogP contribution < -0.4 is 0 Å². The molecule has 0 aromatic heterocycles. The number of hydrogen-bond acceptors (Lipinski definition) is 4. The molecule has 0 saturated carbocycles. The largest absolute Gasteiger partial charge is 0.469 e. The second-order valence-corrected chi connectivity index (χ2v) is 5.67. The quantitative estimate of drug-likeness (QED) is 0.690. The van der Waals surface area contributed by atoms with Crippen molar-refractivity contribution in [3.63, 3.8) is 0 Å². The number of methoxy groups -OCH3 is 2. The van der Waals surface area contributed by atoms with Crippen LogP contribution in [0.3, 0.4) is 0 Å². The van der Waals surface area contributed by atoms with Gasteiger partial charge in [-0.25, -0.2) is 4.79 Å². The van der Waals surface area contributed by atoms with E-state index in [1.54, 1.807) is 4.90 Å². The number of benzene rings is 1. The lowest BCUT2D eigenvalue weighted by Gasteiger charge is -2.32. The van der Waals surface area contributed by atoms with Gasteiger partial charge >= 0.3 is 12.1 Å². The van der Waals surface area contributed by atoms with Crippen LogP contribution in [-0.4, -0.2) is 43.8 Å². The number of rotatable bonds is 8. The summed E-state index contributed by atoms with van der Waals surface area (Å²) < 4.78 is 9.74. The van der Waals surface area contributed by atoms with Gasteiger partial charge in [0.15, 0.2) is 0 Å². The van der Waals surface area contributed by atoms with Gasteiger partial charge in [-0.15, -0.1) is 0 Å². The summed E-state index contributed by atoms with van der Waals surface area (Å²) in [5, 5.41) is 0. The van der Waals surface area contributed by atoms with Gasteiger partial charge in [0.2, 0.25) is 0 Å². The van der Waals surface area contributed by atoms with Crippen molar-refractivity contribution < 1.29 is 19.1 Å². The zero-order chi connectivity index (χ0) is 17.2. The molecule has 0 bridgehead atoms. The molecule has 0 aliphatic carbocycles. The number of carbonyl (C=O) groups excluding carboxylic acids is 2. The van der Waals surface area contributed by atoms with E-state index >= 15 is 0 Å². The number of hydrogen-bond donors (Lipinski definition) is 0. The summed E-state index contributed by atoms with van der Waals surface area (Å²) in [6, 6.07) is 9.84. The maximum Gasteiger partial charge on any atom is 0.409 e. The van der Waals surface area contributed by atoms with Crippen LogP contribution in [0.25, 0.3) is 0 Å². The molecule has 2 atom stereocenters. The zero-order valence-electron chi connectivity index (χ0n) is 14.5. The van der Waals surface area contributed by atoms with Gasteiger partial charge < -0.3 is 14.4 Å². The van der Waals surface area contributed by atoms with Gasteiger partial charge in [0.05, 0.1) is 20.1 Å². The first-order chi connectivity index (χ1) is 11.0. The Morgan fingerprint density at radius 1 is 1.13 bits per heavy atom. The Kier molecular flexibility index (Phi) is 8.16. The highest BCUT2D eigenvalue weighted by Crippen LogP contribution is 2.19. The molecule has 0 saturated heterocycles. The number of carbonyl (C=O) groups is 2. The standard InChI is InChI=1S/C18H27NO4/c1-5-11-19(18(21)23-4)16(12-14(2)17(20)22-3)13-15-9-7-6-8-10-15/h6-10,14,16H,5,11-13H2,1-4H3. The molecule has 128 valence electrons. The van der Waals surface area contributed by atoms with Crippen LogP contribution in [0.5, 0.6) is 0 Å². The van der Waals surface area contributed by atoms with E-state index in [-0.39, 0.29) is 24.0 Å². The summed E-state index contributed by atoms with van der Waals surface area (Å²) in [7, 11) is 2.77. The summed E-state index contributed by atoms with van der Waals surface area (Å²) in [6.07, 6.45) is 1.69.